The zero-order valence-electron chi connectivity index (χ0n) is 13.8. The van der Waals surface area contributed by atoms with Crippen molar-refractivity contribution >= 4 is 5.91 Å². The number of aromatic nitrogens is 2. The van der Waals surface area contributed by atoms with E-state index in [0.717, 1.165) is 70.5 Å². The molecule has 1 aromatic heterocycles. The van der Waals surface area contributed by atoms with Crippen LogP contribution in [0.1, 0.15) is 50.2 Å². The van der Waals surface area contributed by atoms with Gasteiger partial charge in [0, 0.05) is 32.0 Å². The van der Waals surface area contributed by atoms with Gasteiger partial charge in [-0.3, -0.25) is 4.79 Å². The highest BCUT2D eigenvalue weighted by Gasteiger charge is 2.43. The van der Waals surface area contributed by atoms with Crippen LogP contribution in [0.4, 0.5) is 0 Å². The number of ether oxygens (including phenoxy) is 1. The monoisotopic (exact) mass is 319 g/mol. The zero-order chi connectivity index (χ0) is 15.9. The van der Waals surface area contributed by atoms with Crippen molar-refractivity contribution in [2.75, 3.05) is 19.7 Å². The van der Waals surface area contributed by atoms with E-state index in [-0.39, 0.29) is 5.60 Å². The van der Waals surface area contributed by atoms with Gasteiger partial charge in [-0.25, -0.2) is 0 Å². The maximum atomic E-state index is 12.2. The molecule has 1 saturated carbocycles. The Labute approximate surface area is 136 Å². The lowest BCUT2D eigenvalue weighted by Crippen LogP contribution is -2.51. The van der Waals surface area contributed by atoms with E-state index in [9.17, 15) is 4.79 Å². The van der Waals surface area contributed by atoms with E-state index < -0.39 is 0 Å². The van der Waals surface area contributed by atoms with E-state index in [2.05, 4.69) is 15.0 Å². The summed E-state index contributed by atoms with van der Waals surface area (Å²) in [5.74, 6) is 2.67. The summed E-state index contributed by atoms with van der Waals surface area (Å²) in [6.07, 6.45) is 7.03. The van der Waals surface area contributed by atoms with Crippen LogP contribution in [0.5, 0.6) is 0 Å². The molecule has 0 N–H and O–H groups in total. The van der Waals surface area contributed by atoms with E-state index in [1.807, 2.05) is 6.92 Å². The van der Waals surface area contributed by atoms with E-state index >= 15 is 0 Å². The van der Waals surface area contributed by atoms with E-state index in [4.69, 9.17) is 9.26 Å². The molecular weight excluding hydrogens is 294 g/mol. The third-order valence-corrected chi connectivity index (χ3v) is 5.54. The number of hydrogen-bond donors (Lipinski definition) is 0. The van der Waals surface area contributed by atoms with Crippen LogP contribution < -0.4 is 0 Å². The number of nitrogens with zero attached hydrogens (tertiary/aromatic N) is 3. The summed E-state index contributed by atoms with van der Waals surface area (Å²) in [5, 5.41) is 3.88. The lowest BCUT2D eigenvalue weighted by Gasteiger charge is -2.46. The molecule has 1 unspecified atom stereocenters. The molecule has 1 spiro atoms. The number of carbonyl (C=O) groups is 1. The average molecular weight is 319 g/mol. The molecule has 1 aromatic rings. The number of rotatable bonds is 3. The predicted molar refractivity (Wildman–Crippen MR) is 82.7 cm³/mol. The van der Waals surface area contributed by atoms with Crippen LogP contribution in [-0.2, 0) is 16.0 Å². The van der Waals surface area contributed by atoms with E-state index in [0.29, 0.717) is 23.6 Å². The van der Waals surface area contributed by atoms with Gasteiger partial charge < -0.3 is 14.2 Å². The number of hydrogen-bond acceptors (Lipinski definition) is 5. The molecule has 6 nitrogen and oxygen atoms in total. The maximum absolute atomic E-state index is 12.2. The number of amides is 1. The Morgan fingerprint density at radius 3 is 2.74 bits per heavy atom. The topological polar surface area (TPSA) is 68.5 Å². The summed E-state index contributed by atoms with van der Waals surface area (Å²) in [7, 11) is 0. The Bertz CT molecular complexity index is 573. The summed E-state index contributed by atoms with van der Waals surface area (Å²) < 4.78 is 11.4. The lowest BCUT2D eigenvalue weighted by molar-refractivity contribution is -0.148. The average Bonchev–Trinajstić information content (AvgIpc) is 3.31. The second-order valence-corrected chi connectivity index (χ2v) is 7.43. The van der Waals surface area contributed by atoms with Crippen molar-refractivity contribution in [3.63, 3.8) is 0 Å². The second-order valence-electron chi connectivity index (χ2n) is 7.43. The minimum atomic E-state index is -0.0433. The van der Waals surface area contributed by atoms with Crippen molar-refractivity contribution in [3.05, 3.63) is 11.7 Å². The Morgan fingerprint density at radius 2 is 2.09 bits per heavy atom. The summed E-state index contributed by atoms with van der Waals surface area (Å²) in [6, 6.07) is 0. The highest BCUT2D eigenvalue weighted by molar-refractivity contribution is 5.81. The van der Waals surface area contributed by atoms with Gasteiger partial charge in [-0.05, 0) is 51.4 Å². The first-order chi connectivity index (χ1) is 11.1. The van der Waals surface area contributed by atoms with E-state index in [1.54, 1.807) is 0 Å². The van der Waals surface area contributed by atoms with Crippen molar-refractivity contribution < 1.29 is 14.1 Å². The Balaban J connectivity index is 1.34. The Morgan fingerprint density at radius 1 is 1.30 bits per heavy atom. The normalized spacial score (nSPS) is 27.3. The van der Waals surface area contributed by atoms with Crippen LogP contribution in [0.3, 0.4) is 0 Å². The van der Waals surface area contributed by atoms with Crippen molar-refractivity contribution in [1.29, 1.82) is 0 Å². The maximum Gasteiger partial charge on any atom is 0.226 e. The summed E-state index contributed by atoms with van der Waals surface area (Å²) in [6.45, 7) is 4.35. The van der Waals surface area contributed by atoms with Crippen molar-refractivity contribution in [1.82, 2.24) is 15.0 Å². The molecule has 0 bridgehead atoms. The van der Waals surface area contributed by atoms with Gasteiger partial charge in [0.15, 0.2) is 5.82 Å². The van der Waals surface area contributed by atoms with Gasteiger partial charge in [0.25, 0.3) is 0 Å². The summed E-state index contributed by atoms with van der Waals surface area (Å²) >= 11 is 0. The Hall–Kier alpha value is -1.43. The Kier molecular flexibility index (Phi) is 3.87. The van der Waals surface area contributed by atoms with Gasteiger partial charge >= 0.3 is 0 Å². The van der Waals surface area contributed by atoms with Crippen molar-refractivity contribution in [3.8, 4) is 0 Å². The third-order valence-electron chi connectivity index (χ3n) is 5.54. The number of carbonyl (C=O) groups excluding carboxylic acids is 1. The van der Waals surface area contributed by atoms with Crippen molar-refractivity contribution in [2.45, 2.75) is 57.5 Å². The molecule has 1 atom stereocenters. The minimum Gasteiger partial charge on any atom is -0.375 e. The van der Waals surface area contributed by atoms with Crippen LogP contribution in [0.15, 0.2) is 4.52 Å². The van der Waals surface area contributed by atoms with Crippen LogP contribution in [0, 0.1) is 18.8 Å². The molecule has 23 heavy (non-hydrogen) atoms. The van der Waals surface area contributed by atoms with Gasteiger partial charge in [-0.1, -0.05) is 5.16 Å². The van der Waals surface area contributed by atoms with Crippen LogP contribution in [0.25, 0.3) is 0 Å². The molecular formula is C17H25N3O3. The fourth-order valence-corrected chi connectivity index (χ4v) is 4.04. The van der Waals surface area contributed by atoms with Crippen LogP contribution in [0.2, 0.25) is 0 Å². The summed E-state index contributed by atoms with van der Waals surface area (Å²) in [5.41, 5.74) is -0.0433. The third kappa shape index (κ3) is 3.27. The highest BCUT2D eigenvalue weighted by atomic mass is 16.5. The molecule has 3 heterocycles. The van der Waals surface area contributed by atoms with Gasteiger partial charge in [-0.15, -0.1) is 0 Å². The predicted octanol–water partition coefficient (Wildman–Crippen LogP) is 2.12. The molecule has 4 rings (SSSR count). The summed E-state index contributed by atoms with van der Waals surface area (Å²) in [4.78, 5) is 18.6. The standard InChI is InChI=1S/C17H25N3O3/c1-12-18-15(23-19-12)10-13-4-9-22-17(11-13)5-7-20(8-6-17)16(21)14-2-3-14/h13-14H,2-11H2,1H3. The molecule has 2 saturated heterocycles. The molecule has 2 aliphatic heterocycles. The van der Waals surface area contributed by atoms with Gasteiger partial charge in [0.2, 0.25) is 11.8 Å². The SMILES string of the molecule is Cc1noc(CC2CCOC3(CCN(C(=O)C4CC4)CC3)C2)n1. The largest absolute Gasteiger partial charge is 0.375 e. The first kappa shape index (κ1) is 15.1. The van der Waals surface area contributed by atoms with Crippen molar-refractivity contribution in [2.24, 2.45) is 11.8 Å². The smallest absolute Gasteiger partial charge is 0.226 e. The van der Waals surface area contributed by atoms with E-state index in [1.165, 1.54) is 0 Å². The number of likely N-dealkylation sites (tertiary alicyclic amines) is 1. The molecule has 1 aliphatic carbocycles. The molecule has 3 aliphatic rings. The molecule has 0 radical (unpaired) electrons. The quantitative estimate of drug-likeness (QED) is 0.853. The first-order valence-corrected chi connectivity index (χ1v) is 8.85. The second kappa shape index (κ2) is 5.89. The van der Waals surface area contributed by atoms with Crippen LogP contribution >= 0.6 is 0 Å². The number of aryl methyl sites for hydroxylation is 1. The molecule has 126 valence electrons. The highest BCUT2D eigenvalue weighted by Crippen LogP contribution is 2.40. The van der Waals surface area contributed by atoms with Gasteiger partial charge in [0.1, 0.15) is 0 Å². The zero-order valence-corrected chi connectivity index (χ0v) is 13.8. The molecule has 3 fully saturated rings. The lowest BCUT2D eigenvalue weighted by atomic mass is 9.78. The minimum absolute atomic E-state index is 0.0433. The molecule has 0 aromatic carbocycles. The molecule has 1 amide bonds. The van der Waals surface area contributed by atoms with Gasteiger partial charge in [0.05, 0.1) is 5.60 Å². The van der Waals surface area contributed by atoms with Gasteiger partial charge in [-0.2, -0.15) is 4.98 Å². The number of piperidine rings is 1. The molecule has 6 heteroatoms. The fourth-order valence-electron chi connectivity index (χ4n) is 4.04. The van der Waals surface area contributed by atoms with Crippen LogP contribution in [-0.4, -0.2) is 46.2 Å². The first-order valence-electron chi connectivity index (χ1n) is 8.85. The fraction of sp³-hybridized carbons (Fsp3) is 0.824.